The normalized spacial score (nSPS) is 15.2. The van der Waals surface area contributed by atoms with Crippen LogP contribution in [0.25, 0.3) is 6.08 Å². The highest BCUT2D eigenvalue weighted by molar-refractivity contribution is 5.73. The number of rotatable bonds is 6. The van der Waals surface area contributed by atoms with E-state index in [1.165, 1.54) is 11.3 Å². The van der Waals surface area contributed by atoms with Crippen molar-refractivity contribution < 1.29 is 9.84 Å². The average molecular weight is 351 g/mol. The molecule has 2 aromatic rings. The van der Waals surface area contributed by atoms with E-state index in [2.05, 4.69) is 75.1 Å². The van der Waals surface area contributed by atoms with Gasteiger partial charge in [-0.2, -0.15) is 0 Å². The molecular weight excluding hydrogens is 322 g/mol. The molecule has 1 aliphatic heterocycles. The highest BCUT2D eigenvalue weighted by Gasteiger charge is 2.29. The Bertz CT molecular complexity index is 793. The van der Waals surface area contributed by atoms with Gasteiger partial charge in [0.25, 0.3) is 0 Å². The molecule has 1 aliphatic rings. The van der Waals surface area contributed by atoms with Gasteiger partial charge in [0.1, 0.15) is 5.75 Å². The zero-order chi connectivity index (χ0) is 18.7. The molecule has 1 N–H and O–H groups in total. The van der Waals surface area contributed by atoms with Crippen molar-refractivity contribution in [1.29, 1.82) is 0 Å². The molecule has 1 heterocycles. The van der Waals surface area contributed by atoms with Crippen LogP contribution >= 0.6 is 0 Å². The molecule has 0 saturated heterocycles. The van der Waals surface area contributed by atoms with E-state index in [0.717, 1.165) is 23.4 Å². The fourth-order valence-corrected chi connectivity index (χ4v) is 3.28. The Labute approximate surface area is 156 Å². The number of nitrogens with zero attached hydrogens (tertiary/aromatic N) is 1. The molecule has 2 aromatic carbocycles. The number of aliphatic hydroxyl groups is 1. The molecule has 0 aromatic heterocycles. The molecule has 0 amide bonds. The van der Waals surface area contributed by atoms with Gasteiger partial charge >= 0.3 is 0 Å². The van der Waals surface area contributed by atoms with Crippen molar-refractivity contribution in [1.82, 2.24) is 0 Å². The maximum Gasteiger partial charge on any atom is 0.124 e. The SMILES string of the molecule is CC(C)COc1ccc(CO)cc1CN1c2ccccc2C=CC1(C)C. The molecule has 3 rings (SSSR count). The smallest absolute Gasteiger partial charge is 0.124 e. The summed E-state index contributed by atoms with van der Waals surface area (Å²) in [5.41, 5.74) is 4.38. The highest BCUT2D eigenvalue weighted by Crippen LogP contribution is 2.37. The van der Waals surface area contributed by atoms with Gasteiger partial charge in [0.05, 0.1) is 18.8 Å². The van der Waals surface area contributed by atoms with Crippen LogP contribution in [0, 0.1) is 5.92 Å². The van der Waals surface area contributed by atoms with E-state index in [9.17, 15) is 5.11 Å². The third kappa shape index (κ3) is 3.94. The van der Waals surface area contributed by atoms with Gasteiger partial charge in [-0.05, 0) is 49.1 Å². The molecule has 0 unspecified atom stereocenters. The van der Waals surface area contributed by atoms with E-state index < -0.39 is 0 Å². The average Bonchev–Trinajstić information content (AvgIpc) is 2.62. The van der Waals surface area contributed by atoms with Gasteiger partial charge in [-0.3, -0.25) is 0 Å². The quantitative estimate of drug-likeness (QED) is 0.793. The van der Waals surface area contributed by atoms with Crippen LogP contribution in [-0.2, 0) is 13.2 Å². The van der Waals surface area contributed by atoms with Crippen molar-refractivity contribution in [3.63, 3.8) is 0 Å². The first-order chi connectivity index (χ1) is 12.4. The van der Waals surface area contributed by atoms with Crippen molar-refractivity contribution in [2.45, 2.75) is 46.4 Å². The van der Waals surface area contributed by atoms with Crippen LogP contribution in [-0.4, -0.2) is 17.3 Å². The third-order valence-electron chi connectivity index (χ3n) is 4.80. The number of para-hydroxylation sites is 1. The lowest BCUT2D eigenvalue weighted by molar-refractivity contribution is 0.266. The van der Waals surface area contributed by atoms with Crippen molar-refractivity contribution >= 4 is 11.8 Å². The molecule has 3 nitrogen and oxygen atoms in total. The van der Waals surface area contributed by atoms with Crippen molar-refractivity contribution in [3.8, 4) is 5.75 Å². The standard InChI is InChI=1S/C23H29NO2/c1-17(2)16-26-22-10-9-18(15-25)13-20(22)14-24-21-8-6-5-7-19(21)11-12-23(24,3)4/h5-13,17,25H,14-16H2,1-4H3. The number of hydrogen-bond donors (Lipinski definition) is 1. The molecule has 0 saturated carbocycles. The van der Waals surface area contributed by atoms with Crippen LogP contribution in [0.5, 0.6) is 5.75 Å². The van der Waals surface area contributed by atoms with Crippen LogP contribution in [0.3, 0.4) is 0 Å². The first-order valence-electron chi connectivity index (χ1n) is 9.32. The van der Waals surface area contributed by atoms with Gasteiger partial charge in [-0.1, -0.05) is 50.3 Å². The van der Waals surface area contributed by atoms with E-state index in [1.807, 2.05) is 12.1 Å². The van der Waals surface area contributed by atoms with Gasteiger partial charge < -0.3 is 14.7 Å². The highest BCUT2D eigenvalue weighted by atomic mass is 16.5. The number of hydrogen-bond acceptors (Lipinski definition) is 3. The van der Waals surface area contributed by atoms with E-state index in [-0.39, 0.29) is 12.1 Å². The summed E-state index contributed by atoms with van der Waals surface area (Å²) in [7, 11) is 0. The molecule has 0 atom stereocenters. The van der Waals surface area contributed by atoms with Crippen LogP contribution < -0.4 is 9.64 Å². The number of anilines is 1. The molecule has 0 radical (unpaired) electrons. The van der Waals surface area contributed by atoms with Gasteiger partial charge in [0, 0.05) is 17.8 Å². The van der Waals surface area contributed by atoms with Gasteiger partial charge in [0.2, 0.25) is 0 Å². The summed E-state index contributed by atoms with van der Waals surface area (Å²) >= 11 is 0. The summed E-state index contributed by atoms with van der Waals surface area (Å²) in [6.07, 6.45) is 4.45. The molecule has 3 heteroatoms. The van der Waals surface area contributed by atoms with Crippen LogP contribution in [0.15, 0.2) is 48.5 Å². The monoisotopic (exact) mass is 351 g/mol. The second-order valence-electron chi connectivity index (χ2n) is 7.94. The largest absolute Gasteiger partial charge is 0.493 e. The van der Waals surface area contributed by atoms with Crippen LogP contribution in [0.2, 0.25) is 0 Å². The second kappa shape index (κ2) is 7.55. The predicted octanol–water partition coefficient (Wildman–Crippen LogP) is 5.03. The van der Waals surface area contributed by atoms with E-state index >= 15 is 0 Å². The van der Waals surface area contributed by atoms with Gasteiger partial charge in [0.15, 0.2) is 0 Å². The Morgan fingerprint density at radius 2 is 1.88 bits per heavy atom. The van der Waals surface area contributed by atoms with Crippen LogP contribution in [0.4, 0.5) is 5.69 Å². The molecule has 0 bridgehead atoms. The maximum atomic E-state index is 9.57. The molecule has 0 spiro atoms. The van der Waals surface area contributed by atoms with Gasteiger partial charge in [-0.25, -0.2) is 0 Å². The lowest BCUT2D eigenvalue weighted by atomic mass is 9.92. The summed E-state index contributed by atoms with van der Waals surface area (Å²) in [5, 5.41) is 9.57. The van der Waals surface area contributed by atoms with E-state index in [1.54, 1.807) is 0 Å². The lowest BCUT2D eigenvalue weighted by Crippen LogP contribution is -2.44. The Kier molecular flexibility index (Phi) is 5.38. The lowest BCUT2D eigenvalue weighted by Gasteiger charge is -2.42. The Morgan fingerprint density at radius 1 is 1.12 bits per heavy atom. The number of ether oxygens (including phenoxy) is 1. The van der Waals surface area contributed by atoms with E-state index in [0.29, 0.717) is 12.5 Å². The summed E-state index contributed by atoms with van der Waals surface area (Å²) < 4.78 is 6.07. The molecule has 138 valence electrons. The molecule has 26 heavy (non-hydrogen) atoms. The first kappa shape index (κ1) is 18.5. The number of aliphatic hydroxyl groups excluding tert-OH is 1. The fraction of sp³-hybridized carbons (Fsp3) is 0.391. The zero-order valence-corrected chi connectivity index (χ0v) is 16.2. The van der Waals surface area contributed by atoms with Crippen molar-refractivity contribution in [2.24, 2.45) is 5.92 Å². The molecule has 0 aliphatic carbocycles. The molecule has 0 fully saturated rings. The van der Waals surface area contributed by atoms with Gasteiger partial charge in [-0.15, -0.1) is 0 Å². The van der Waals surface area contributed by atoms with Crippen molar-refractivity contribution in [2.75, 3.05) is 11.5 Å². The first-order valence-corrected chi connectivity index (χ1v) is 9.32. The number of fused-ring (bicyclic) bond motifs is 1. The Hall–Kier alpha value is -2.26. The second-order valence-corrected chi connectivity index (χ2v) is 7.94. The Morgan fingerprint density at radius 3 is 2.62 bits per heavy atom. The minimum Gasteiger partial charge on any atom is -0.493 e. The summed E-state index contributed by atoms with van der Waals surface area (Å²) in [6.45, 7) is 10.2. The van der Waals surface area contributed by atoms with E-state index in [4.69, 9.17) is 4.74 Å². The zero-order valence-electron chi connectivity index (χ0n) is 16.2. The topological polar surface area (TPSA) is 32.7 Å². The Balaban J connectivity index is 1.97. The molecular formula is C23H29NO2. The van der Waals surface area contributed by atoms with Crippen molar-refractivity contribution in [3.05, 3.63) is 65.2 Å². The third-order valence-corrected chi connectivity index (χ3v) is 4.80. The summed E-state index contributed by atoms with van der Waals surface area (Å²) in [5.74, 6) is 1.37. The fourth-order valence-electron chi connectivity index (χ4n) is 3.28. The summed E-state index contributed by atoms with van der Waals surface area (Å²) in [4.78, 5) is 2.40. The maximum absolute atomic E-state index is 9.57. The van der Waals surface area contributed by atoms with Crippen LogP contribution in [0.1, 0.15) is 44.4 Å². The summed E-state index contributed by atoms with van der Waals surface area (Å²) in [6, 6.07) is 14.5. The predicted molar refractivity (Wildman–Crippen MR) is 108 cm³/mol. The minimum atomic E-state index is -0.0983. The minimum absolute atomic E-state index is 0.0390. The number of benzene rings is 2.